The fourth-order valence-corrected chi connectivity index (χ4v) is 4.43. The summed E-state index contributed by atoms with van der Waals surface area (Å²) in [6.07, 6.45) is 4.41. The molecular formula is C24H27BrN2O3. The summed E-state index contributed by atoms with van der Waals surface area (Å²) in [7, 11) is 0. The smallest absolute Gasteiger partial charge is 0.231 e. The Hall–Kier alpha value is -2.18. The van der Waals surface area contributed by atoms with Crippen LogP contribution in [-0.2, 0) is 26.3 Å². The molecule has 0 radical (unpaired) electrons. The van der Waals surface area contributed by atoms with Crippen molar-refractivity contribution in [3.05, 3.63) is 64.1 Å². The van der Waals surface area contributed by atoms with Gasteiger partial charge in [0.2, 0.25) is 11.8 Å². The number of nitrogens with one attached hydrogen (secondary N) is 2. The zero-order valence-corrected chi connectivity index (χ0v) is 18.5. The maximum Gasteiger partial charge on any atom is 0.231 e. The number of amides is 2. The van der Waals surface area contributed by atoms with Crippen molar-refractivity contribution in [2.24, 2.45) is 5.92 Å². The highest BCUT2D eigenvalue weighted by atomic mass is 79.9. The summed E-state index contributed by atoms with van der Waals surface area (Å²) < 4.78 is 6.53. The molecule has 0 aromatic heterocycles. The lowest BCUT2D eigenvalue weighted by Gasteiger charge is -2.36. The number of benzene rings is 2. The second-order valence-corrected chi connectivity index (χ2v) is 9.12. The molecule has 0 unspecified atom stereocenters. The third-order valence-electron chi connectivity index (χ3n) is 6.30. The van der Waals surface area contributed by atoms with Gasteiger partial charge in [-0.1, -0.05) is 46.6 Å². The largest absolute Gasteiger partial charge is 0.381 e. The molecule has 2 amide bonds. The van der Waals surface area contributed by atoms with Gasteiger partial charge in [0.05, 0.1) is 5.41 Å². The van der Waals surface area contributed by atoms with Gasteiger partial charge in [-0.25, -0.2) is 0 Å². The first-order chi connectivity index (χ1) is 14.6. The van der Waals surface area contributed by atoms with E-state index in [9.17, 15) is 9.59 Å². The molecule has 1 saturated carbocycles. The van der Waals surface area contributed by atoms with Gasteiger partial charge in [0.1, 0.15) is 0 Å². The molecule has 30 heavy (non-hydrogen) atoms. The minimum atomic E-state index is -0.574. The lowest BCUT2D eigenvalue weighted by atomic mass is 9.73. The van der Waals surface area contributed by atoms with Gasteiger partial charge in [-0.3, -0.25) is 9.59 Å². The predicted octanol–water partition coefficient (Wildman–Crippen LogP) is 4.55. The fraction of sp³-hybridized carbons (Fsp3) is 0.417. The number of hydrogen-bond donors (Lipinski definition) is 2. The summed E-state index contributed by atoms with van der Waals surface area (Å²) in [6, 6.07) is 15.7. The van der Waals surface area contributed by atoms with E-state index in [4.69, 9.17) is 4.74 Å². The Bertz CT molecular complexity index is 903. The van der Waals surface area contributed by atoms with Crippen LogP contribution in [0.2, 0.25) is 0 Å². The highest BCUT2D eigenvalue weighted by molar-refractivity contribution is 9.10. The number of halogens is 1. The van der Waals surface area contributed by atoms with Crippen molar-refractivity contribution in [1.82, 2.24) is 5.32 Å². The highest BCUT2D eigenvalue weighted by Crippen LogP contribution is 2.36. The molecule has 1 saturated heterocycles. The summed E-state index contributed by atoms with van der Waals surface area (Å²) in [6.45, 7) is 1.57. The average Bonchev–Trinajstić information content (AvgIpc) is 2.72. The average molecular weight is 471 g/mol. The molecule has 0 atom stereocenters. The maximum absolute atomic E-state index is 13.3. The lowest BCUT2D eigenvalue weighted by molar-refractivity contribution is -0.130. The number of carbonyl (C=O) groups excluding carboxylic acids is 2. The molecule has 5 nitrogen and oxygen atoms in total. The van der Waals surface area contributed by atoms with E-state index in [0.29, 0.717) is 32.6 Å². The molecule has 6 heteroatoms. The molecule has 158 valence electrons. The molecule has 4 rings (SSSR count). The van der Waals surface area contributed by atoms with Gasteiger partial charge in [0, 0.05) is 35.8 Å². The van der Waals surface area contributed by atoms with E-state index in [1.807, 2.05) is 48.5 Å². The Morgan fingerprint density at radius 3 is 2.47 bits per heavy atom. The van der Waals surface area contributed by atoms with E-state index in [1.54, 1.807) is 0 Å². The summed E-state index contributed by atoms with van der Waals surface area (Å²) >= 11 is 3.47. The summed E-state index contributed by atoms with van der Waals surface area (Å²) in [5.74, 6) is 0.267. The fourth-order valence-electron chi connectivity index (χ4n) is 4.16. The lowest BCUT2D eigenvalue weighted by Crippen LogP contribution is -2.47. The second-order valence-electron chi connectivity index (χ2n) is 8.20. The Morgan fingerprint density at radius 2 is 1.80 bits per heavy atom. The zero-order valence-electron chi connectivity index (χ0n) is 17.0. The summed E-state index contributed by atoms with van der Waals surface area (Å²) in [5, 5.41) is 6.13. The molecule has 0 bridgehead atoms. The van der Waals surface area contributed by atoms with Crippen molar-refractivity contribution in [2.75, 3.05) is 18.5 Å². The van der Waals surface area contributed by atoms with Crippen LogP contribution in [0.3, 0.4) is 0 Å². The van der Waals surface area contributed by atoms with E-state index < -0.39 is 5.41 Å². The topological polar surface area (TPSA) is 67.4 Å². The normalized spacial score (nSPS) is 18.3. The first-order valence-corrected chi connectivity index (χ1v) is 11.4. The Morgan fingerprint density at radius 1 is 1.07 bits per heavy atom. The van der Waals surface area contributed by atoms with Crippen LogP contribution in [0.15, 0.2) is 53.0 Å². The zero-order chi connectivity index (χ0) is 21.0. The van der Waals surface area contributed by atoms with Crippen LogP contribution in [0.4, 0.5) is 5.69 Å². The van der Waals surface area contributed by atoms with E-state index in [1.165, 1.54) is 0 Å². The molecule has 2 aliphatic rings. The van der Waals surface area contributed by atoms with Crippen LogP contribution >= 0.6 is 15.9 Å². The third-order valence-corrected chi connectivity index (χ3v) is 6.83. The Kier molecular flexibility index (Phi) is 6.54. The molecular weight excluding hydrogens is 444 g/mol. The van der Waals surface area contributed by atoms with Crippen molar-refractivity contribution in [3.8, 4) is 0 Å². The van der Waals surface area contributed by atoms with Crippen molar-refractivity contribution >= 4 is 33.4 Å². The number of rotatable bonds is 6. The van der Waals surface area contributed by atoms with E-state index >= 15 is 0 Å². The molecule has 1 aliphatic heterocycles. The van der Waals surface area contributed by atoms with Crippen molar-refractivity contribution in [1.29, 1.82) is 0 Å². The minimum absolute atomic E-state index is 0.0250. The van der Waals surface area contributed by atoms with Gasteiger partial charge in [-0.05, 0) is 61.1 Å². The first-order valence-electron chi connectivity index (χ1n) is 10.6. The maximum atomic E-state index is 13.3. The molecule has 2 aromatic carbocycles. The molecule has 2 aromatic rings. The van der Waals surface area contributed by atoms with Crippen LogP contribution in [0, 0.1) is 5.92 Å². The summed E-state index contributed by atoms with van der Waals surface area (Å²) in [4.78, 5) is 25.5. The van der Waals surface area contributed by atoms with E-state index in [-0.39, 0.29) is 17.7 Å². The van der Waals surface area contributed by atoms with Gasteiger partial charge >= 0.3 is 0 Å². The molecule has 0 spiro atoms. The van der Waals surface area contributed by atoms with Gasteiger partial charge in [-0.2, -0.15) is 0 Å². The number of carbonyl (C=O) groups is 2. The van der Waals surface area contributed by atoms with E-state index in [2.05, 4.69) is 26.6 Å². The molecule has 2 fully saturated rings. The van der Waals surface area contributed by atoms with Crippen LogP contribution in [-0.4, -0.2) is 25.0 Å². The standard InChI is InChI=1S/C24H27BrN2O3/c25-20-9-7-19(8-10-20)24(11-13-30-14-12-24)23(29)26-16-17-3-1-6-21(15-17)27-22(28)18-4-2-5-18/h1,3,6-10,15,18H,2,4-5,11-14,16H2,(H,26,29)(H,27,28). The quantitative estimate of drug-likeness (QED) is 0.650. The number of hydrogen-bond acceptors (Lipinski definition) is 3. The van der Waals surface area contributed by atoms with Crippen molar-refractivity contribution in [3.63, 3.8) is 0 Å². The monoisotopic (exact) mass is 470 g/mol. The van der Waals surface area contributed by atoms with Crippen LogP contribution in [0.5, 0.6) is 0 Å². The van der Waals surface area contributed by atoms with Gasteiger partial charge < -0.3 is 15.4 Å². The van der Waals surface area contributed by atoms with Crippen LogP contribution in [0.25, 0.3) is 0 Å². The molecule has 1 aliphatic carbocycles. The number of anilines is 1. The first kappa shape index (κ1) is 21.1. The van der Waals surface area contributed by atoms with Crippen LogP contribution < -0.4 is 10.6 Å². The van der Waals surface area contributed by atoms with Crippen molar-refractivity contribution < 1.29 is 14.3 Å². The van der Waals surface area contributed by atoms with Gasteiger partial charge in [-0.15, -0.1) is 0 Å². The third kappa shape index (κ3) is 4.60. The highest BCUT2D eigenvalue weighted by Gasteiger charge is 2.41. The second kappa shape index (κ2) is 9.31. The Labute approximate surface area is 185 Å². The molecule has 1 heterocycles. The van der Waals surface area contributed by atoms with Gasteiger partial charge in [0.15, 0.2) is 0 Å². The minimum Gasteiger partial charge on any atom is -0.381 e. The molecule has 2 N–H and O–H groups in total. The Balaban J connectivity index is 1.44. The summed E-state index contributed by atoms with van der Waals surface area (Å²) in [5.41, 5.74) is 2.20. The van der Waals surface area contributed by atoms with Gasteiger partial charge in [0.25, 0.3) is 0 Å². The number of ether oxygens (including phenoxy) is 1. The SMILES string of the molecule is O=C(Nc1cccc(CNC(=O)C2(c3ccc(Br)cc3)CCOCC2)c1)C1CCC1. The van der Waals surface area contributed by atoms with E-state index in [0.717, 1.165) is 40.5 Å². The van der Waals surface area contributed by atoms with Crippen LogP contribution in [0.1, 0.15) is 43.2 Å². The van der Waals surface area contributed by atoms with Crippen molar-refractivity contribution in [2.45, 2.75) is 44.1 Å². The predicted molar refractivity (Wildman–Crippen MR) is 120 cm³/mol.